The van der Waals surface area contributed by atoms with Gasteiger partial charge in [0.05, 0.1) is 0 Å². The van der Waals surface area contributed by atoms with E-state index >= 15 is 0 Å². The number of hydrogen-bond donors (Lipinski definition) is 1. The first-order valence-electron chi connectivity index (χ1n) is 10.3. The van der Waals surface area contributed by atoms with Crippen LogP contribution in [0.3, 0.4) is 0 Å². The molecule has 0 saturated heterocycles. The van der Waals surface area contributed by atoms with E-state index in [9.17, 15) is 9.59 Å². The molecule has 0 aromatic carbocycles. The Hall–Kier alpha value is -1.06. The average molecular weight is 364 g/mol. The predicted molar refractivity (Wildman–Crippen MR) is 113 cm³/mol. The van der Waals surface area contributed by atoms with Crippen LogP contribution in [0.5, 0.6) is 0 Å². The molecular weight excluding hydrogens is 314 g/mol. The van der Waals surface area contributed by atoms with Crippen LogP contribution in [0.15, 0.2) is 0 Å². The van der Waals surface area contributed by atoms with Crippen LogP contribution in [-0.4, -0.2) is 34.0 Å². The van der Waals surface area contributed by atoms with Crippen molar-refractivity contribution in [1.82, 2.24) is 4.90 Å². The number of carboxylic acids is 1. The van der Waals surface area contributed by atoms with Crippen molar-refractivity contribution < 1.29 is 14.7 Å². The summed E-state index contributed by atoms with van der Waals surface area (Å²) in [5.74, 6) is -0.959. The molecule has 1 amide bonds. The van der Waals surface area contributed by atoms with Crippen LogP contribution in [0.2, 0.25) is 0 Å². The number of carboxylic acid groups (broad SMARTS) is 1. The van der Waals surface area contributed by atoms with Crippen molar-refractivity contribution in [3.05, 3.63) is 0 Å². The van der Waals surface area contributed by atoms with Crippen LogP contribution >= 0.6 is 0 Å². The summed E-state index contributed by atoms with van der Waals surface area (Å²) in [7, 11) is 0. The largest absolute Gasteiger partial charge is 0.481 e. The molecular formula is C21H49NO3. The van der Waals surface area contributed by atoms with Gasteiger partial charge in [0.15, 0.2) is 0 Å². The van der Waals surface area contributed by atoms with Gasteiger partial charge in [-0.2, -0.15) is 0 Å². The lowest BCUT2D eigenvalue weighted by Crippen LogP contribution is -2.46. The number of nitrogens with zero attached hydrogens (tertiary/aromatic N) is 1. The zero-order chi connectivity index (χ0) is 21.6. The van der Waals surface area contributed by atoms with E-state index in [1.165, 1.54) is 0 Å². The highest BCUT2D eigenvalue weighted by molar-refractivity contribution is 5.93. The van der Waals surface area contributed by atoms with E-state index in [0.717, 1.165) is 12.8 Å². The summed E-state index contributed by atoms with van der Waals surface area (Å²) in [6.07, 6.45) is 1.71. The van der Waals surface area contributed by atoms with Crippen LogP contribution in [0.1, 0.15) is 109 Å². The maximum absolute atomic E-state index is 11.9. The molecule has 0 aliphatic heterocycles. The number of carbonyl (C=O) groups excluding carboxylic acids is 1. The van der Waals surface area contributed by atoms with E-state index in [4.69, 9.17) is 5.11 Å². The molecule has 0 aromatic heterocycles. The summed E-state index contributed by atoms with van der Waals surface area (Å²) in [6, 6.07) is 0.123. The van der Waals surface area contributed by atoms with Crippen molar-refractivity contribution in [1.29, 1.82) is 0 Å². The molecule has 1 N–H and O–H groups in total. The minimum absolute atomic E-state index is 0.0381. The standard InChI is InChI=1S/C13H25NO3.4C2H6/c1-6-7-10(4)11(5)14(9(2)3)12(15)8-13(16)17;4*1-2/h9-11H,6-8H2,1-5H3,(H,16,17);4*1-2H3/t10-,11+;;;;/m1..../s1. The van der Waals surface area contributed by atoms with Crippen molar-refractivity contribution in [3.8, 4) is 0 Å². The van der Waals surface area contributed by atoms with Crippen molar-refractivity contribution in [2.24, 2.45) is 5.92 Å². The fourth-order valence-corrected chi connectivity index (χ4v) is 2.18. The van der Waals surface area contributed by atoms with Crippen molar-refractivity contribution in [2.75, 3.05) is 0 Å². The highest BCUT2D eigenvalue weighted by Crippen LogP contribution is 2.19. The highest BCUT2D eigenvalue weighted by Gasteiger charge is 2.27. The summed E-state index contributed by atoms with van der Waals surface area (Å²) in [6.45, 7) is 26.1. The van der Waals surface area contributed by atoms with E-state index in [1.807, 2.05) is 76.2 Å². The van der Waals surface area contributed by atoms with Crippen LogP contribution in [0, 0.1) is 5.92 Å². The molecule has 2 atom stereocenters. The second kappa shape index (κ2) is 27.8. The zero-order valence-electron chi connectivity index (χ0n) is 19.6. The van der Waals surface area contributed by atoms with Gasteiger partial charge in [-0.15, -0.1) is 0 Å². The molecule has 0 saturated carbocycles. The third-order valence-electron chi connectivity index (χ3n) is 3.15. The summed E-state index contributed by atoms with van der Waals surface area (Å²) in [5, 5.41) is 8.69. The molecule has 0 spiro atoms. The number of hydrogen-bond acceptors (Lipinski definition) is 2. The second-order valence-corrected chi connectivity index (χ2v) is 4.97. The molecule has 0 unspecified atom stereocenters. The number of carbonyl (C=O) groups is 2. The Kier molecular flexibility index (Phi) is 39.0. The Morgan fingerprint density at radius 1 is 0.840 bits per heavy atom. The van der Waals surface area contributed by atoms with Crippen LogP contribution in [0.4, 0.5) is 0 Å². The molecule has 25 heavy (non-hydrogen) atoms. The van der Waals surface area contributed by atoms with E-state index in [1.54, 1.807) is 4.90 Å². The van der Waals surface area contributed by atoms with Gasteiger partial charge in [0, 0.05) is 12.1 Å². The monoisotopic (exact) mass is 363 g/mol. The normalized spacial score (nSPS) is 10.8. The first-order valence-corrected chi connectivity index (χ1v) is 10.3. The minimum Gasteiger partial charge on any atom is -0.481 e. The topological polar surface area (TPSA) is 57.6 Å². The van der Waals surface area contributed by atoms with Crippen LogP contribution < -0.4 is 0 Å². The number of aliphatic carboxylic acids is 1. The molecule has 0 aromatic rings. The van der Waals surface area contributed by atoms with Gasteiger partial charge in [-0.05, 0) is 33.1 Å². The Labute approximate surface area is 159 Å². The molecule has 0 heterocycles. The maximum atomic E-state index is 11.9. The summed E-state index contributed by atoms with van der Waals surface area (Å²) in [5.41, 5.74) is 0. The Morgan fingerprint density at radius 3 is 1.44 bits per heavy atom. The van der Waals surface area contributed by atoms with E-state index in [2.05, 4.69) is 13.8 Å². The van der Waals surface area contributed by atoms with Crippen LogP contribution in [-0.2, 0) is 9.59 Å². The molecule has 0 aliphatic carbocycles. The molecule has 0 radical (unpaired) electrons. The Balaban J connectivity index is -0.000000145. The van der Waals surface area contributed by atoms with Crippen molar-refractivity contribution in [2.45, 2.75) is 121 Å². The third-order valence-corrected chi connectivity index (χ3v) is 3.15. The predicted octanol–water partition coefficient (Wildman–Crippen LogP) is 6.63. The van der Waals surface area contributed by atoms with Gasteiger partial charge in [-0.25, -0.2) is 0 Å². The molecule has 0 rings (SSSR count). The lowest BCUT2D eigenvalue weighted by molar-refractivity contribution is -0.146. The average Bonchev–Trinajstić information content (AvgIpc) is 2.61. The van der Waals surface area contributed by atoms with Gasteiger partial charge in [0.2, 0.25) is 5.91 Å². The minimum atomic E-state index is -1.06. The van der Waals surface area contributed by atoms with E-state index < -0.39 is 12.4 Å². The molecule has 0 bridgehead atoms. The molecule has 0 aliphatic rings. The molecule has 156 valence electrons. The Morgan fingerprint density at radius 2 is 1.20 bits per heavy atom. The smallest absolute Gasteiger partial charge is 0.312 e. The fourth-order valence-electron chi connectivity index (χ4n) is 2.18. The van der Waals surface area contributed by atoms with Gasteiger partial charge in [-0.1, -0.05) is 75.7 Å². The van der Waals surface area contributed by atoms with Gasteiger partial charge in [0.25, 0.3) is 0 Å². The molecule has 4 heteroatoms. The summed E-state index contributed by atoms with van der Waals surface area (Å²) < 4.78 is 0. The highest BCUT2D eigenvalue weighted by atomic mass is 16.4. The van der Waals surface area contributed by atoms with Crippen LogP contribution in [0.25, 0.3) is 0 Å². The SMILES string of the molecule is CC.CC.CC.CC.CCC[C@@H](C)[C@H](C)N(C(=O)CC(=O)O)C(C)C. The number of rotatable bonds is 7. The second-order valence-electron chi connectivity index (χ2n) is 4.97. The van der Waals surface area contributed by atoms with Gasteiger partial charge in [-0.3, -0.25) is 9.59 Å². The van der Waals surface area contributed by atoms with Gasteiger partial charge < -0.3 is 10.0 Å². The first kappa shape index (κ1) is 35.1. The summed E-state index contributed by atoms with van der Waals surface area (Å²) in [4.78, 5) is 24.2. The zero-order valence-corrected chi connectivity index (χ0v) is 19.6. The summed E-state index contributed by atoms with van der Waals surface area (Å²) >= 11 is 0. The fraction of sp³-hybridized carbons (Fsp3) is 0.905. The quantitative estimate of drug-likeness (QED) is 0.516. The number of amides is 1. The van der Waals surface area contributed by atoms with Gasteiger partial charge in [0.1, 0.15) is 6.42 Å². The molecule has 0 fully saturated rings. The third kappa shape index (κ3) is 20.9. The van der Waals surface area contributed by atoms with E-state index in [-0.39, 0.29) is 18.0 Å². The Bertz CT molecular complexity index is 266. The van der Waals surface area contributed by atoms with Crippen molar-refractivity contribution in [3.63, 3.8) is 0 Å². The molecule has 4 nitrogen and oxygen atoms in total. The lowest BCUT2D eigenvalue weighted by atomic mass is 9.95. The van der Waals surface area contributed by atoms with Gasteiger partial charge >= 0.3 is 5.97 Å². The lowest BCUT2D eigenvalue weighted by Gasteiger charge is -2.36. The van der Waals surface area contributed by atoms with E-state index in [0.29, 0.717) is 5.92 Å². The maximum Gasteiger partial charge on any atom is 0.312 e. The van der Waals surface area contributed by atoms with Crippen molar-refractivity contribution >= 4 is 11.9 Å². The first-order chi connectivity index (χ1) is 11.8.